The zero-order valence-corrected chi connectivity index (χ0v) is 11.7. The molecule has 2 rings (SSSR count). The van der Waals surface area contributed by atoms with Crippen molar-refractivity contribution in [2.75, 3.05) is 11.9 Å². The number of nitrogens with zero attached hydrogens (tertiary/aromatic N) is 1. The molecule has 104 valence electrons. The summed E-state index contributed by atoms with van der Waals surface area (Å²) in [7, 11) is 1.84. The van der Waals surface area contributed by atoms with E-state index in [9.17, 15) is 4.39 Å². The van der Waals surface area contributed by atoms with Crippen molar-refractivity contribution < 1.29 is 4.39 Å². The first-order valence-electron chi connectivity index (χ1n) is 6.50. The van der Waals surface area contributed by atoms with E-state index in [1.807, 2.05) is 36.2 Å². The van der Waals surface area contributed by atoms with Crippen LogP contribution in [0.3, 0.4) is 0 Å². The van der Waals surface area contributed by atoms with E-state index in [1.54, 1.807) is 12.1 Å². The Morgan fingerprint density at radius 1 is 1.20 bits per heavy atom. The van der Waals surface area contributed by atoms with Crippen LogP contribution < -0.4 is 10.6 Å². The van der Waals surface area contributed by atoms with Gasteiger partial charge < -0.3 is 10.6 Å². The Hall–Kier alpha value is -2.36. The third kappa shape index (κ3) is 2.64. The lowest BCUT2D eigenvalue weighted by atomic mass is 10.1. The minimum atomic E-state index is -0.480. The maximum Gasteiger partial charge on any atom is 0.136 e. The van der Waals surface area contributed by atoms with Gasteiger partial charge in [0.1, 0.15) is 11.7 Å². The summed E-state index contributed by atoms with van der Waals surface area (Å²) in [6.07, 6.45) is 0.975. The summed E-state index contributed by atoms with van der Waals surface area (Å²) < 4.78 is 13.8. The van der Waals surface area contributed by atoms with Crippen molar-refractivity contribution in [3.63, 3.8) is 0 Å². The molecule has 20 heavy (non-hydrogen) atoms. The highest BCUT2D eigenvalue weighted by Crippen LogP contribution is 2.28. The average molecular weight is 271 g/mol. The van der Waals surface area contributed by atoms with E-state index in [4.69, 9.17) is 11.1 Å². The summed E-state index contributed by atoms with van der Waals surface area (Å²) in [5.41, 5.74) is 8.38. The number of amidine groups is 1. The second-order valence-corrected chi connectivity index (χ2v) is 4.63. The van der Waals surface area contributed by atoms with Crippen LogP contribution in [0.2, 0.25) is 0 Å². The van der Waals surface area contributed by atoms with Crippen LogP contribution in [0.4, 0.5) is 15.8 Å². The molecule has 4 heteroatoms. The van der Waals surface area contributed by atoms with Gasteiger partial charge in [-0.3, -0.25) is 5.41 Å². The van der Waals surface area contributed by atoms with Crippen molar-refractivity contribution in [3.8, 4) is 0 Å². The number of nitrogens with one attached hydrogen (secondary N) is 1. The minimum Gasteiger partial charge on any atom is -0.384 e. The molecule has 3 nitrogen and oxygen atoms in total. The summed E-state index contributed by atoms with van der Waals surface area (Å²) in [5.74, 6) is -0.748. The number of nitrogen functional groups attached to an aromatic ring is 1. The molecular formula is C16H18FN3. The van der Waals surface area contributed by atoms with Crippen LogP contribution in [0.5, 0.6) is 0 Å². The summed E-state index contributed by atoms with van der Waals surface area (Å²) >= 11 is 0. The predicted octanol–water partition coefficient (Wildman–Crippen LogP) is 3.44. The molecule has 0 aliphatic carbocycles. The van der Waals surface area contributed by atoms with E-state index in [1.165, 1.54) is 11.6 Å². The molecule has 0 saturated carbocycles. The number of hydrogen-bond acceptors (Lipinski definition) is 2. The summed E-state index contributed by atoms with van der Waals surface area (Å²) in [6, 6.07) is 12.7. The second kappa shape index (κ2) is 5.74. The molecule has 0 heterocycles. The maximum atomic E-state index is 13.8. The van der Waals surface area contributed by atoms with E-state index in [0.29, 0.717) is 5.69 Å². The van der Waals surface area contributed by atoms with Crippen molar-refractivity contribution in [1.29, 1.82) is 5.41 Å². The third-order valence-electron chi connectivity index (χ3n) is 3.35. The first-order chi connectivity index (χ1) is 9.54. The molecule has 0 fully saturated rings. The average Bonchev–Trinajstić information content (AvgIpc) is 2.46. The summed E-state index contributed by atoms with van der Waals surface area (Å²) in [5, 5.41) is 7.55. The first-order valence-corrected chi connectivity index (χ1v) is 6.50. The van der Waals surface area contributed by atoms with Crippen LogP contribution >= 0.6 is 0 Å². The van der Waals surface area contributed by atoms with Gasteiger partial charge in [0.25, 0.3) is 0 Å². The van der Waals surface area contributed by atoms with E-state index in [2.05, 4.69) is 6.92 Å². The van der Waals surface area contributed by atoms with Crippen LogP contribution in [-0.4, -0.2) is 12.9 Å². The summed E-state index contributed by atoms with van der Waals surface area (Å²) in [4.78, 5) is 1.83. The SMILES string of the molecule is CCc1ccc(N(C)c2cccc(F)c2C(=N)N)cc1. The number of aryl methyl sites for hydroxylation is 1. The number of halogens is 1. The Morgan fingerprint density at radius 2 is 1.85 bits per heavy atom. The van der Waals surface area contributed by atoms with E-state index >= 15 is 0 Å². The molecule has 0 atom stereocenters. The fourth-order valence-corrected chi connectivity index (χ4v) is 2.15. The molecular weight excluding hydrogens is 253 g/mol. The highest BCUT2D eigenvalue weighted by Gasteiger charge is 2.15. The third-order valence-corrected chi connectivity index (χ3v) is 3.35. The molecule has 2 aromatic carbocycles. The molecule has 0 aliphatic heterocycles. The van der Waals surface area contributed by atoms with Crippen LogP contribution in [-0.2, 0) is 6.42 Å². The molecule has 3 N–H and O–H groups in total. The van der Waals surface area contributed by atoms with Gasteiger partial charge in [0.2, 0.25) is 0 Å². The maximum absolute atomic E-state index is 13.8. The van der Waals surface area contributed by atoms with Gasteiger partial charge in [-0.25, -0.2) is 4.39 Å². The van der Waals surface area contributed by atoms with Gasteiger partial charge in [0.15, 0.2) is 0 Å². The molecule has 0 spiro atoms. The number of benzene rings is 2. The van der Waals surface area contributed by atoms with Gasteiger partial charge in [-0.1, -0.05) is 25.1 Å². The van der Waals surface area contributed by atoms with Crippen molar-refractivity contribution in [3.05, 3.63) is 59.4 Å². The molecule has 0 aromatic heterocycles. The van der Waals surface area contributed by atoms with E-state index in [0.717, 1.165) is 12.1 Å². The summed E-state index contributed by atoms with van der Waals surface area (Å²) in [6.45, 7) is 2.10. The first kappa shape index (κ1) is 14.1. The lowest BCUT2D eigenvalue weighted by Crippen LogP contribution is -2.20. The topological polar surface area (TPSA) is 53.1 Å². The monoisotopic (exact) mass is 271 g/mol. The Kier molecular flexibility index (Phi) is 4.03. The highest BCUT2D eigenvalue weighted by molar-refractivity contribution is 6.01. The van der Waals surface area contributed by atoms with Gasteiger partial charge in [-0.2, -0.15) is 0 Å². The molecule has 0 aliphatic rings. The van der Waals surface area contributed by atoms with Gasteiger partial charge in [-0.05, 0) is 36.2 Å². The van der Waals surface area contributed by atoms with Crippen molar-refractivity contribution in [2.24, 2.45) is 5.73 Å². The second-order valence-electron chi connectivity index (χ2n) is 4.63. The van der Waals surface area contributed by atoms with Crippen LogP contribution in [0.25, 0.3) is 0 Å². The Labute approximate surface area is 118 Å². The lowest BCUT2D eigenvalue weighted by Gasteiger charge is -2.22. The van der Waals surface area contributed by atoms with E-state index in [-0.39, 0.29) is 11.4 Å². The van der Waals surface area contributed by atoms with Gasteiger partial charge in [0.05, 0.1) is 11.3 Å². The Bertz CT molecular complexity index is 620. The van der Waals surface area contributed by atoms with Gasteiger partial charge in [-0.15, -0.1) is 0 Å². The molecule has 0 amide bonds. The zero-order chi connectivity index (χ0) is 14.7. The molecule has 2 aromatic rings. The molecule has 0 unspecified atom stereocenters. The standard InChI is InChI=1S/C16H18FN3/c1-3-11-7-9-12(10-8-11)20(2)14-6-4-5-13(17)15(14)16(18)19/h4-10H,3H2,1-2H3,(H3,18,19). The smallest absolute Gasteiger partial charge is 0.136 e. The number of nitrogens with two attached hydrogens (primary N) is 1. The van der Waals surface area contributed by atoms with Crippen molar-refractivity contribution in [1.82, 2.24) is 0 Å². The molecule has 0 saturated heterocycles. The van der Waals surface area contributed by atoms with Gasteiger partial charge in [0, 0.05) is 12.7 Å². The number of rotatable bonds is 4. The number of anilines is 2. The lowest BCUT2D eigenvalue weighted by molar-refractivity contribution is 0.625. The fraction of sp³-hybridized carbons (Fsp3) is 0.188. The Balaban J connectivity index is 2.44. The largest absolute Gasteiger partial charge is 0.384 e. The molecule has 0 bridgehead atoms. The van der Waals surface area contributed by atoms with E-state index < -0.39 is 5.82 Å². The highest BCUT2D eigenvalue weighted by atomic mass is 19.1. The Morgan fingerprint density at radius 3 is 2.40 bits per heavy atom. The van der Waals surface area contributed by atoms with Crippen molar-refractivity contribution in [2.45, 2.75) is 13.3 Å². The predicted molar refractivity (Wildman–Crippen MR) is 81.3 cm³/mol. The fourth-order valence-electron chi connectivity index (χ4n) is 2.15. The van der Waals surface area contributed by atoms with Crippen LogP contribution in [0.15, 0.2) is 42.5 Å². The quantitative estimate of drug-likeness (QED) is 0.661. The normalized spacial score (nSPS) is 10.3. The van der Waals surface area contributed by atoms with Crippen LogP contribution in [0, 0.1) is 11.2 Å². The van der Waals surface area contributed by atoms with Gasteiger partial charge >= 0.3 is 0 Å². The minimum absolute atomic E-state index is 0.134. The van der Waals surface area contributed by atoms with Crippen molar-refractivity contribution >= 4 is 17.2 Å². The molecule has 0 radical (unpaired) electrons. The van der Waals surface area contributed by atoms with Crippen LogP contribution in [0.1, 0.15) is 18.1 Å². The zero-order valence-electron chi connectivity index (χ0n) is 11.7. The number of hydrogen-bond donors (Lipinski definition) is 2.